The molecule has 1 saturated heterocycles. The van der Waals surface area contributed by atoms with Crippen molar-refractivity contribution in [3.63, 3.8) is 0 Å². The second-order valence-corrected chi connectivity index (χ2v) is 10.9. The van der Waals surface area contributed by atoms with Crippen molar-refractivity contribution in [1.29, 1.82) is 0 Å². The number of rotatable bonds is 8. The van der Waals surface area contributed by atoms with E-state index in [1.54, 1.807) is 36.1 Å². The van der Waals surface area contributed by atoms with Crippen molar-refractivity contribution in [1.82, 2.24) is 20.0 Å². The van der Waals surface area contributed by atoms with Crippen molar-refractivity contribution < 1.29 is 19.1 Å². The van der Waals surface area contributed by atoms with E-state index in [1.807, 2.05) is 36.1 Å². The Morgan fingerprint density at radius 1 is 1.00 bits per heavy atom. The molecule has 2 aromatic carbocycles. The van der Waals surface area contributed by atoms with Crippen LogP contribution in [0.5, 0.6) is 0 Å². The highest BCUT2D eigenvalue weighted by molar-refractivity contribution is 6.30. The maximum Gasteiger partial charge on any atom is 0.338 e. The molecule has 9 heteroatoms. The number of likely N-dealkylation sites (N-methyl/N-ethyl adjacent to an activating group) is 1. The largest absolute Gasteiger partial charge is 0.463 e. The molecule has 0 radical (unpaired) electrons. The van der Waals surface area contributed by atoms with E-state index in [4.69, 9.17) is 16.3 Å². The normalized spacial score (nSPS) is 18.6. The first kappa shape index (κ1) is 29.6. The minimum Gasteiger partial charge on any atom is -0.463 e. The number of nitrogens with one attached hydrogen (secondary N) is 1. The van der Waals surface area contributed by atoms with Crippen molar-refractivity contribution in [2.24, 2.45) is 0 Å². The van der Waals surface area contributed by atoms with Crippen LogP contribution in [0.25, 0.3) is 0 Å². The second kappa shape index (κ2) is 13.3. The second-order valence-electron chi connectivity index (χ2n) is 10.5. The van der Waals surface area contributed by atoms with E-state index in [-0.39, 0.29) is 18.5 Å². The van der Waals surface area contributed by atoms with Gasteiger partial charge in [0.2, 0.25) is 0 Å². The molecule has 1 N–H and O–H groups in total. The molecule has 40 heavy (non-hydrogen) atoms. The predicted molar refractivity (Wildman–Crippen MR) is 156 cm³/mol. The van der Waals surface area contributed by atoms with Gasteiger partial charge in [0.1, 0.15) is 0 Å². The van der Waals surface area contributed by atoms with E-state index in [9.17, 15) is 14.4 Å². The summed E-state index contributed by atoms with van der Waals surface area (Å²) < 4.78 is 5.52. The molecule has 4 rings (SSSR count). The summed E-state index contributed by atoms with van der Waals surface area (Å²) in [6.45, 7) is 11.5. The first-order valence-corrected chi connectivity index (χ1v) is 14.5. The van der Waals surface area contributed by atoms with Gasteiger partial charge in [0.25, 0.3) is 5.91 Å². The fraction of sp³-hybridized carbons (Fsp3) is 0.452. The Hall–Kier alpha value is -3.36. The lowest BCUT2D eigenvalue weighted by Gasteiger charge is -2.38. The van der Waals surface area contributed by atoms with Crippen molar-refractivity contribution in [2.45, 2.75) is 46.1 Å². The smallest absolute Gasteiger partial charge is 0.338 e. The molecular formula is C31H39ClN4O4. The molecule has 214 valence electrons. The molecule has 1 unspecified atom stereocenters. The number of urea groups is 1. The number of nitrogens with zero attached hydrogens (tertiary/aromatic N) is 3. The molecule has 2 aliphatic rings. The standard InChI is InChI=1S/C31H39ClN4O4/c1-5-36-26(20-34-16-7-17-35(19-18-34)29(37)24-12-14-25(32)15-13-24)27(30(38)40-6-2)28(33-31(36)39)23-10-8-22(9-11-23)21(3)4/h8-15,21,28H,5-7,16-20H2,1-4H3,(H,33,39). The Labute approximate surface area is 241 Å². The minimum absolute atomic E-state index is 0.0258. The number of carbonyl (C=O) groups is 3. The molecular weight excluding hydrogens is 528 g/mol. The lowest BCUT2D eigenvalue weighted by atomic mass is 9.92. The third-order valence-corrected chi connectivity index (χ3v) is 7.78. The topological polar surface area (TPSA) is 82.2 Å². The Bertz CT molecular complexity index is 1240. The van der Waals surface area contributed by atoms with Crippen molar-refractivity contribution in [3.8, 4) is 0 Å². The molecule has 0 saturated carbocycles. The molecule has 1 fully saturated rings. The summed E-state index contributed by atoms with van der Waals surface area (Å²) in [5.41, 5.74) is 3.74. The van der Waals surface area contributed by atoms with Crippen LogP contribution in [0.1, 0.15) is 67.6 Å². The highest BCUT2D eigenvalue weighted by Crippen LogP contribution is 2.33. The van der Waals surface area contributed by atoms with Crippen LogP contribution in [0.2, 0.25) is 5.02 Å². The average molecular weight is 567 g/mol. The van der Waals surface area contributed by atoms with Gasteiger partial charge < -0.3 is 15.0 Å². The van der Waals surface area contributed by atoms with E-state index in [0.717, 1.165) is 18.5 Å². The number of carbonyl (C=O) groups excluding carboxylic acids is 3. The van der Waals surface area contributed by atoms with Crippen LogP contribution >= 0.6 is 11.6 Å². The predicted octanol–water partition coefficient (Wildman–Crippen LogP) is 5.21. The van der Waals surface area contributed by atoms with Crippen molar-refractivity contribution in [3.05, 3.63) is 81.5 Å². The zero-order chi connectivity index (χ0) is 28.8. The first-order chi connectivity index (χ1) is 19.2. The lowest BCUT2D eigenvalue weighted by Crippen LogP contribution is -2.51. The van der Waals surface area contributed by atoms with Gasteiger partial charge in [-0.25, -0.2) is 9.59 Å². The van der Waals surface area contributed by atoms with Crippen molar-refractivity contribution >= 4 is 29.5 Å². The summed E-state index contributed by atoms with van der Waals surface area (Å²) in [6, 6.07) is 14.1. The van der Waals surface area contributed by atoms with Crippen LogP contribution in [-0.4, -0.2) is 78.5 Å². The van der Waals surface area contributed by atoms with Crippen molar-refractivity contribution in [2.75, 3.05) is 45.9 Å². The Morgan fingerprint density at radius 2 is 1.70 bits per heavy atom. The van der Waals surface area contributed by atoms with Gasteiger partial charge in [0, 0.05) is 55.6 Å². The van der Waals surface area contributed by atoms with Gasteiger partial charge in [-0.05, 0) is 61.6 Å². The van der Waals surface area contributed by atoms with Gasteiger partial charge >= 0.3 is 12.0 Å². The molecule has 3 amide bonds. The van der Waals surface area contributed by atoms with Crippen LogP contribution < -0.4 is 5.32 Å². The lowest BCUT2D eigenvalue weighted by molar-refractivity contribution is -0.139. The summed E-state index contributed by atoms with van der Waals surface area (Å²) in [7, 11) is 0. The van der Waals surface area contributed by atoms with Gasteiger partial charge in [0.05, 0.1) is 18.2 Å². The summed E-state index contributed by atoms with van der Waals surface area (Å²) in [6.07, 6.45) is 0.778. The van der Waals surface area contributed by atoms with Crippen LogP contribution in [0, 0.1) is 0 Å². The summed E-state index contributed by atoms with van der Waals surface area (Å²) in [5.74, 6) is -0.0827. The van der Waals surface area contributed by atoms with Gasteiger partial charge in [-0.2, -0.15) is 0 Å². The molecule has 0 aromatic heterocycles. The van der Waals surface area contributed by atoms with E-state index >= 15 is 0 Å². The van der Waals surface area contributed by atoms with Crippen LogP contribution in [0.15, 0.2) is 59.8 Å². The molecule has 2 aliphatic heterocycles. The first-order valence-electron chi connectivity index (χ1n) is 14.1. The van der Waals surface area contributed by atoms with Gasteiger partial charge in [-0.3, -0.25) is 14.6 Å². The third-order valence-electron chi connectivity index (χ3n) is 7.53. The number of esters is 1. The van der Waals surface area contributed by atoms with Gasteiger partial charge in [-0.15, -0.1) is 0 Å². The molecule has 8 nitrogen and oxygen atoms in total. The van der Waals surface area contributed by atoms with Crippen LogP contribution in [0.3, 0.4) is 0 Å². The van der Waals surface area contributed by atoms with Gasteiger partial charge in [0.15, 0.2) is 0 Å². The fourth-order valence-corrected chi connectivity index (χ4v) is 5.43. The zero-order valence-corrected chi connectivity index (χ0v) is 24.5. The average Bonchev–Trinajstić information content (AvgIpc) is 3.18. The maximum absolute atomic E-state index is 13.4. The van der Waals surface area contributed by atoms with E-state index in [2.05, 4.69) is 24.1 Å². The summed E-state index contributed by atoms with van der Waals surface area (Å²) in [4.78, 5) is 45.5. The SMILES string of the molecule is CCOC(=O)C1=C(CN2CCCN(C(=O)c3ccc(Cl)cc3)CC2)N(CC)C(=O)NC1c1ccc(C(C)C)cc1. The summed E-state index contributed by atoms with van der Waals surface area (Å²) >= 11 is 6.00. The number of amides is 3. The van der Waals surface area contributed by atoms with Crippen LogP contribution in [0.4, 0.5) is 4.79 Å². The third kappa shape index (κ3) is 6.67. The highest BCUT2D eigenvalue weighted by atomic mass is 35.5. The van der Waals surface area contributed by atoms with Gasteiger partial charge in [-0.1, -0.05) is 49.7 Å². The minimum atomic E-state index is -0.611. The molecule has 0 bridgehead atoms. The molecule has 0 aliphatic carbocycles. The summed E-state index contributed by atoms with van der Waals surface area (Å²) in [5, 5.41) is 3.64. The number of benzene rings is 2. The molecule has 2 heterocycles. The fourth-order valence-electron chi connectivity index (χ4n) is 5.30. The highest BCUT2D eigenvalue weighted by Gasteiger charge is 2.38. The monoisotopic (exact) mass is 566 g/mol. The Morgan fingerprint density at radius 3 is 2.33 bits per heavy atom. The Balaban J connectivity index is 1.62. The zero-order valence-electron chi connectivity index (χ0n) is 23.8. The Kier molecular flexibility index (Phi) is 9.87. The van der Waals surface area contributed by atoms with E-state index in [0.29, 0.717) is 60.5 Å². The molecule has 1 atom stereocenters. The number of hydrogen-bond donors (Lipinski definition) is 1. The molecule has 0 spiro atoms. The number of ether oxygens (including phenoxy) is 1. The maximum atomic E-state index is 13.4. The number of hydrogen-bond acceptors (Lipinski definition) is 5. The number of halogens is 1. The van der Waals surface area contributed by atoms with Crippen LogP contribution in [-0.2, 0) is 9.53 Å². The van der Waals surface area contributed by atoms with E-state index in [1.165, 1.54) is 5.56 Å². The molecule has 2 aromatic rings. The quantitative estimate of drug-likeness (QED) is 0.443. The van der Waals surface area contributed by atoms with E-state index < -0.39 is 12.0 Å².